The van der Waals surface area contributed by atoms with Crippen molar-refractivity contribution in [1.29, 1.82) is 0 Å². The molecule has 0 saturated carbocycles. The van der Waals surface area contributed by atoms with Crippen LogP contribution in [0, 0.1) is 0 Å². The fourth-order valence-corrected chi connectivity index (χ4v) is 3.70. The van der Waals surface area contributed by atoms with E-state index in [1.165, 1.54) is 0 Å². The van der Waals surface area contributed by atoms with Crippen LogP contribution >= 0.6 is 0 Å². The van der Waals surface area contributed by atoms with Gasteiger partial charge in [0.2, 0.25) is 5.91 Å². The van der Waals surface area contributed by atoms with Crippen molar-refractivity contribution >= 4 is 23.2 Å². The molecule has 0 bridgehead atoms. The number of anilines is 2. The van der Waals surface area contributed by atoms with Gasteiger partial charge in [0.1, 0.15) is 12.4 Å². The molecule has 0 aromatic heterocycles. The molecule has 4 rings (SSSR count). The normalized spacial score (nSPS) is 19.2. The summed E-state index contributed by atoms with van der Waals surface area (Å²) < 4.78 is 11.4. The standard InChI is InChI=1S/C23H26N2O4/c26-22-8-1-2-13-25(22)19-11-9-17(10-12-19)23(27)24-18-5-3-6-20(15-18)29-16-21-7-4-14-28-21/h3,5-6,9-12,15,21H,1-2,4,7-8,13-14,16H2,(H,24,27). The molecule has 1 atom stereocenters. The van der Waals surface area contributed by atoms with Crippen molar-refractivity contribution in [3.05, 3.63) is 54.1 Å². The second-order valence-corrected chi connectivity index (χ2v) is 7.48. The third-order valence-corrected chi connectivity index (χ3v) is 5.32. The lowest BCUT2D eigenvalue weighted by molar-refractivity contribution is -0.119. The molecule has 2 aromatic carbocycles. The number of benzene rings is 2. The summed E-state index contributed by atoms with van der Waals surface area (Å²) in [6.07, 6.45) is 4.81. The highest BCUT2D eigenvalue weighted by Gasteiger charge is 2.20. The molecule has 2 aliphatic rings. The van der Waals surface area contributed by atoms with Gasteiger partial charge in [0.05, 0.1) is 6.10 Å². The van der Waals surface area contributed by atoms with Gasteiger partial charge in [0, 0.05) is 42.6 Å². The lowest BCUT2D eigenvalue weighted by Gasteiger charge is -2.26. The monoisotopic (exact) mass is 394 g/mol. The first kappa shape index (κ1) is 19.5. The first-order chi connectivity index (χ1) is 14.2. The average Bonchev–Trinajstić information content (AvgIpc) is 3.27. The number of nitrogens with one attached hydrogen (secondary N) is 1. The SMILES string of the molecule is O=C(Nc1cccc(OCC2CCCO2)c1)c1ccc(N2CCCCC2=O)cc1. The topological polar surface area (TPSA) is 67.9 Å². The van der Waals surface area contributed by atoms with Gasteiger partial charge in [-0.3, -0.25) is 9.59 Å². The largest absolute Gasteiger partial charge is 0.491 e. The summed E-state index contributed by atoms with van der Waals surface area (Å²) in [5.74, 6) is 0.656. The molecule has 29 heavy (non-hydrogen) atoms. The predicted octanol–water partition coefficient (Wildman–Crippen LogP) is 4.01. The number of carbonyl (C=O) groups excluding carboxylic acids is 2. The molecule has 1 N–H and O–H groups in total. The second-order valence-electron chi connectivity index (χ2n) is 7.48. The van der Waals surface area contributed by atoms with E-state index < -0.39 is 0 Å². The molecule has 2 aromatic rings. The van der Waals surface area contributed by atoms with E-state index in [2.05, 4.69) is 5.32 Å². The third-order valence-electron chi connectivity index (χ3n) is 5.32. The van der Waals surface area contributed by atoms with Crippen LogP contribution in [0.2, 0.25) is 0 Å². The molecule has 2 heterocycles. The fourth-order valence-electron chi connectivity index (χ4n) is 3.70. The van der Waals surface area contributed by atoms with Crippen molar-refractivity contribution < 1.29 is 19.1 Å². The van der Waals surface area contributed by atoms with E-state index in [0.29, 0.717) is 30.0 Å². The number of hydrogen-bond donors (Lipinski definition) is 1. The molecule has 0 aliphatic carbocycles. The van der Waals surface area contributed by atoms with Crippen molar-refractivity contribution in [2.75, 3.05) is 30.0 Å². The van der Waals surface area contributed by atoms with Gasteiger partial charge in [-0.05, 0) is 62.1 Å². The Labute approximate surface area is 170 Å². The maximum atomic E-state index is 12.6. The maximum Gasteiger partial charge on any atom is 0.255 e. The Morgan fingerprint density at radius 1 is 1.14 bits per heavy atom. The van der Waals surface area contributed by atoms with E-state index in [0.717, 1.165) is 44.5 Å². The van der Waals surface area contributed by atoms with E-state index in [1.807, 2.05) is 36.4 Å². The summed E-state index contributed by atoms with van der Waals surface area (Å²) in [5, 5.41) is 2.90. The molecular formula is C23H26N2O4. The molecule has 0 spiro atoms. The van der Waals surface area contributed by atoms with Gasteiger partial charge in [-0.1, -0.05) is 6.07 Å². The maximum absolute atomic E-state index is 12.6. The third kappa shape index (κ3) is 4.95. The van der Waals surface area contributed by atoms with Gasteiger partial charge < -0.3 is 19.7 Å². The quantitative estimate of drug-likeness (QED) is 0.804. The number of hydrogen-bond acceptors (Lipinski definition) is 4. The Morgan fingerprint density at radius 2 is 2.00 bits per heavy atom. The van der Waals surface area contributed by atoms with E-state index in [4.69, 9.17) is 9.47 Å². The van der Waals surface area contributed by atoms with Crippen molar-refractivity contribution in [3.63, 3.8) is 0 Å². The first-order valence-electron chi connectivity index (χ1n) is 10.3. The molecular weight excluding hydrogens is 368 g/mol. The minimum Gasteiger partial charge on any atom is -0.491 e. The lowest BCUT2D eigenvalue weighted by Crippen LogP contribution is -2.35. The van der Waals surface area contributed by atoms with Crippen LogP contribution in [0.5, 0.6) is 5.75 Å². The Morgan fingerprint density at radius 3 is 2.76 bits per heavy atom. The molecule has 6 heteroatoms. The lowest BCUT2D eigenvalue weighted by atomic mass is 10.1. The van der Waals surface area contributed by atoms with Crippen molar-refractivity contribution in [2.24, 2.45) is 0 Å². The molecule has 2 fully saturated rings. The highest BCUT2D eigenvalue weighted by molar-refractivity contribution is 6.04. The van der Waals surface area contributed by atoms with Crippen LogP contribution in [0.3, 0.4) is 0 Å². The Bertz CT molecular complexity index is 859. The molecule has 2 aliphatic heterocycles. The molecule has 2 saturated heterocycles. The summed E-state index contributed by atoms with van der Waals surface area (Å²) in [6.45, 7) is 2.06. The summed E-state index contributed by atoms with van der Waals surface area (Å²) in [5.41, 5.74) is 2.06. The number of nitrogens with zero attached hydrogens (tertiary/aromatic N) is 1. The Kier molecular flexibility index (Phi) is 6.10. The smallest absolute Gasteiger partial charge is 0.255 e. The van der Waals surface area contributed by atoms with E-state index in [-0.39, 0.29) is 17.9 Å². The van der Waals surface area contributed by atoms with Gasteiger partial charge in [-0.25, -0.2) is 0 Å². The van der Waals surface area contributed by atoms with Gasteiger partial charge in [-0.15, -0.1) is 0 Å². The molecule has 2 amide bonds. The summed E-state index contributed by atoms with van der Waals surface area (Å²) >= 11 is 0. The minimum absolute atomic E-state index is 0.147. The zero-order chi connectivity index (χ0) is 20.1. The first-order valence-corrected chi connectivity index (χ1v) is 10.3. The van der Waals surface area contributed by atoms with Crippen LogP contribution in [0.25, 0.3) is 0 Å². The van der Waals surface area contributed by atoms with Crippen LogP contribution < -0.4 is 15.0 Å². The number of piperidine rings is 1. The zero-order valence-electron chi connectivity index (χ0n) is 16.4. The van der Waals surface area contributed by atoms with E-state index >= 15 is 0 Å². The average molecular weight is 394 g/mol. The van der Waals surface area contributed by atoms with Crippen LogP contribution in [-0.2, 0) is 9.53 Å². The molecule has 0 radical (unpaired) electrons. The van der Waals surface area contributed by atoms with Gasteiger partial charge in [0.15, 0.2) is 0 Å². The molecule has 1 unspecified atom stereocenters. The molecule has 152 valence electrons. The summed E-state index contributed by atoms with van der Waals surface area (Å²) in [4.78, 5) is 26.4. The molecule has 6 nitrogen and oxygen atoms in total. The number of amides is 2. The van der Waals surface area contributed by atoms with Crippen molar-refractivity contribution in [1.82, 2.24) is 0 Å². The summed E-state index contributed by atoms with van der Waals surface area (Å²) in [7, 11) is 0. The van der Waals surface area contributed by atoms with Crippen molar-refractivity contribution in [2.45, 2.75) is 38.2 Å². The number of rotatable bonds is 6. The number of ether oxygens (including phenoxy) is 2. The van der Waals surface area contributed by atoms with E-state index in [9.17, 15) is 9.59 Å². The van der Waals surface area contributed by atoms with Crippen LogP contribution in [0.4, 0.5) is 11.4 Å². The zero-order valence-corrected chi connectivity index (χ0v) is 16.4. The predicted molar refractivity (Wildman–Crippen MR) is 112 cm³/mol. The Hall–Kier alpha value is -2.86. The fraction of sp³-hybridized carbons (Fsp3) is 0.391. The van der Waals surface area contributed by atoms with E-state index in [1.54, 1.807) is 17.0 Å². The number of carbonyl (C=O) groups is 2. The highest BCUT2D eigenvalue weighted by atomic mass is 16.5. The second kappa shape index (κ2) is 9.09. The highest BCUT2D eigenvalue weighted by Crippen LogP contribution is 2.23. The van der Waals surface area contributed by atoms with Crippen molar-refractivity contribution in [3.8, 4) is 5.75 Å². The van der Waals surface area contributed by atoms with Gasteiger partial charge in [0.25, 0.3) is 5.91 Å². The van der Waals surface area contributed by atoms with Crippen LogP contribution in [0.15, 0.2) is 48.5 Å². The van der Waals surface area contributed by atoms with Crippen LogP contribution in [-0.4, -0.2) is 37.7 Å². The summed E-state index contributed by atoms with van der Waals surface area (Å²) in [6, 6.07) is 14.5. The minimum atomic E-state index is -0.196. The van der Waals surface area contributed by atoms with Gasteiger partial charge in [-0.2, -0.15) is 0 Å². The Balaban J connectivity index is 1.36. The van der Waals surface area contributed by atoms with Gasteiger partial charge >= 0.3 is 0 Å². The van der Waals surface area contributed by atoms with Crippen LogP contribution in [0.1, 0.15) is 42.5 Å².